The maximum atomic E-state index is 11.7. The number of ether oxygens (including phenoxy) is 2. The fourth-order valence-electron chi connectivity index (χ4n) is 2.92. The number of nitrogens with zero attached hydrogens (tertiary/aromatic N) is 1. The van der Waals surface area contributed by atoms with Crippen LogP contribution in [0.15, 0.2) is 47.5 Å². The standard InChI is InChI=1S/C22H30N4O3.HI/c1-23-21(27)18-7-5-6-16(14-18)10-12-25-22(24-2)26-13-11-17-8-9-19(28-3)20(15-17)29-4;/h5-9,14-15H,10-13H2,1-4H3,(H,23,27)(H2,24,25,26);1H. The van der Waals surface area contributed by atoms with Crippen LogP contribution in [0.1, 0.15) is 21.5 Å². The Hall–Kier alpha value is -2.49. The van der Waals surface area contributed by atoms with Gasteiger partial charge in [-0.1, -0.05) is 18.2 Å². The van der Waals surface area contributed by atoms with Gasteiger partial charge in [0.1, 0.15) is 0 Å². The van der Waals surface area contributed by atoms with Crippen molar-refractivity contribution in [3.8, 4) is 11.5 Å². The molecule has 8 heteroatoms. The number of rotatable bonds is 9. The van der Waals surface area contributed by atoms with Gasteiger partial charge in [-0.05, 0) is 48.2 Å². The Kier molecular flexibility index (Phi) is 11.7. The van der Waals surface area contributed by atoms with Crippen LogP contribution in [0.2, 0.25) is 0 Å². The number of halogens is 1. The van der Waals surface area contributed by atoms with Crippen molar-refractivity contribution in [1.29, 1.82) is 0 Å². The number of amides is 1. The molecule has 2 rings (SSSR count). The minimum absolute atomic E-state index is 0. The van der Waals surface area contributed by atoms with E-state index in [4.69, 9.17) is 9.47 Å². The molecule has 0 saturated carbocycles. The molecule has 0 aliphatic heterocycles. The first-order valence-electron chi connectivity index (χ1n) is 9.57. The van der Waals surface area contributed by atoms with E-state index < -0.39 is 0 Å². The van der Waals surface area contributed by atoms with Crippen LogP contribution in [0, 0.1) is 0 Å². The Morgan fingerprint density at radius 3 is 2.13 bits per heavy atom. The summed E-state index contributed by atoms with van der Waals surface area (Å²) in [6.45, 7) is 1.45. The van der Waals surface area contributed by atoms with Gasteiger partial charge in [-0.2, -0.15) is 0 Å². The van der Waals surface area contributed by atoms with Crippen molar-refractivity contribution in [1.82, 2.24) is 16.0 Å². The fourth-order valence-corrected chi connectivity index (χ4v) is 2.92. The van der Waals surface area contributed by atoms with E-state index in [0.717, 1.165) is 48.0 Å². The molecule has 0 aromatic heterocycles. The third-order valence-electron chi connectivity index (χ3n) is 4.50. The number of nitrogens with one attached hydrogen (secondary N) is 3. The highest BCUT2D eigenvalue weighted by Gasteiger charge is 2.06. The van der Waals surface area contributed by atoms with Crippen LogP contribution >= 0.6 is 24.0 Å². The summed E-state index contributed by atoms with van der Waals surface area (Å²) in [4.78, 5) is 16.0. The number of carbonyl (C=O) groups excluding carboxylic acids is 1. The second kappa shape index (κ2) is 13.7. The highest BCUT2D eigenvalue weighted by Crippen LogP contribution is 2.27. The number of carbonyl (C=O) groups is 1. The Balaban J connectivity index is 0.00000450. The highest BCUT2D eigenvalue weighted by atomic mass is 127. The Labute approximate surface area is 195 Å². The van der Waals surface area contributed by atoms with Crippen molar-refractivity contribution >= 4 is 35.8 Å². The Morgan fingerprint density at radius 1 is 0.933 bits per heavy atom. The largest absolute Gasteiger partial charge is 0.493 e. The number of hydrogen-bond donors (Lipinski definition) is 3. The monoisotopic (exact) mass is 526 g/mol. The lowest BCUT2D eigenvalue weighted by Crippen LogP contribution is -2.39. The second-order valence-corrected chi connectivity index (χ2v) is 6.39. The van der Waals surface area contributed by atoms with Crippen LogP contribution in [-0.2, 0) is 12.8 Å². The molecular formula is C22H31IN4O3. The Morgan fingerprint density at radius 2 is 1.57 bits per heavy atom. The zero-order chi connectivity index (χ0) is 21.1. The number of aliphatic imine (C=N–C) groups is 1. The summed E-state index contributed by atoms with van der Waals surface area (Å²) in [6, 6.07) is 13.6. The molecule has 0 saturated heterocycles. The van der Waals surface area contributed by atoms with Gasteiger partial charge in [-0.15, -0.1) is 24.0 Å². The lowest BCUT2D eigenvalue weighted by Gasteiger charge is -2.13. The van der Waals surface area contributed by atoms with E-state index in [1.165, 1.54) is 0 Å². The van der Waals surface area contributed by atoms with Gasteiger partial charge in [0.05, 0.1) is 14.2 Å². The molecule has 0 aliphatic rings. The molecule has 0 bridgehead atoms. The molecule has 2 aromatic rings. The minimum Gasteiger partial charge on any atom is -0.493 e. The molecule has 2 aromatic carbocycles. The SMILES string of the molecule is CN=C(NCCc1cccc(C(=O)NC)c1)NCCc1ccc(OC)c(OC)c1.I. The van der Waals surface area contributed by atoms with Gasteiger partial charge in [0, 0.05) is 32.7 Å². The van der Waals surface area contributed by atoms with Crippen molar-refractivity contribution in [2.75, 3.05) is 41.4 Å². The van der Waals surface area contributed by atoms with E-state index in [2.05, 4.69) is 20.9 Å². The van der Waals surface area contributed by atoms with Crippen molar-refractivity contribution in [3.63, 3.8) is 0 Å². The van der Waals surface area contributed by atoms with Crippen molar-refractivity contribution in [2.45, 2.75) is 12.8 Å². The Bertz CT molecular complexity index is 843. The van der Waals surface area contributed by atoms with Crippen LogP contribution in [-0.4, -0.2) is 53.3 Å². The van der Waals surface area contributed by atoms with Crippen LogP contribution in [0.25, 0.3) is 0 Å². The van der Waals surface area contributed by atoms with Crippen molar-refractivity contribution in [2.24, 2.45) is 4.99 Å². The fraction of sp³-hybridized carbons (Fsp3) is 0.364. The van der Waals surface area contributed by atoms with E-state index in [1.807, 2.05) is 42.5 Å². The average molecular weight is 526 g/mol. The van der Waals surface area contributed by atoms with Gasteiger partial charge in [0.25, 0.3) is 5.91 Å². The van der Waals surface area contributed by atoms with Crippen molar-refractivity contribution < 1.29 is 14.3 Å². The van der Waals surface area contributed by atoms with E-state index >= 15 is 0 Å². The van der Waals surface area contributed by atoms with E-state index in [-0.39, 0.29) is 29.9 Å². The van der Waals surface area contributed by atoms with Crippen molar-refractivity contribution in [3.05, 3.63) is 59.2 Å². The second-order valence-electron chi connectivity index (χ2n) is 6.39. The van der Waals surface area contributed by atoms with Gasteiger partial charge < -0.3 is 25.4 Å². The summed E-state index contributed by atoms with van der Waals surface area (Å²) < 4.78 is 10.6. The quantitative estimate of drug-likeness (QED) is 0.266. The first-order valence-corrected chi connectivity index (χ1v) is 9.57. The first-order chi connectivity index (χ1) is 14.1. The number of benzene rings is 2. The van der Waals surface area contributed by atoms with Gasteiger partial charge in [-0.25, -0.2) is 0 Å². The topological polar surface area (TPSA) is 84.0 Å². The molecule has 0 radical (unpaired) electrons. The zero-order valence-corrected chi connectivity index (χ0v) is 20.3. The molecule has 0 spiro atoms. The van der Waals surface area contributed by atoms with E-state index in [9.17, 15) is 4.79 Å². The minimum atomic E-state index is -0.0764. The number of methoxy groups -OCH3 is 2. The molecule has 0 unspecified atom stereocenters. The summed E-state index contributed by atoms with van der Waals surface area (Å²) in [5.41, 5.74) is 2.92. The maximum Gasteiger partial charge on any atom is 0.251 e. The highest BCUT2D eigenvalue weighted by molar-refractivity contribution is 14.0. The van der Waals surface area contributed by atoms with Gasteiger partial charge in [0.2, 0.25) is 0 Å². The molecule has 1 amide bonds. The molecule has 3 N–H and O–H groups in total. The zero-order valence-electron chi connectivity index (χ0n) is 18.0. The molecule has 0 heterocycles. The molecule has 7 nitrogen and oxygen atoms in total. The smallest absolute Gasteiger partial charge is 0.251 e. The van der Waals surface area contributed by atoms with Gasteiger partial charge in [-0.3, -0.25) is 9.79 Å². The normalized spacial score (nSPS) is 10.6. The third kappa shape index (κ3) is 7.74. The van der Waals surface area contributed by atoms with Gasteiger partial charge >= 0.3 is 0 Å². The average Bonchev–Trinajstić information content (AvgIpc) is 2.77. The summed E-state index contributed by atoms with van der Waals surface area (Å²) >= 11 is 0. The van der Waals surface area contributed by atoms with E-state index in [1.54, 1.807) is 28.3 Å². The molecule has 0 atom stereocenters. The summed E-state index contributed by atoms with van der Waals surface area (Å²) in [6.07, 6.45) is 1.62. The summed E-state index contributed by atoms with van der Waals surface area (Å²) in [7, 11) is 6.64. The number of hydrogen-bond acceptors (Lipinski definition) is 4. The van der Waals surface area contributed by atoms with Crippen LogP contribution < -0.4 is 25.4 Å². The summed E-state index contributed by atoms with van der Waals surface area (Å²) in [5.74, 6) is 2.12. The van der Waals surface area contributed by atoms with Crippen LogP contribution in [0.5, 0.6) is 11.5 Å². The predicted octanol–water partition coefficient (Wildman–Crippen LogP) is 2.63. The molecule has 0 aliphatic carbocycles. The van der Waals surface area contributed by atoms with Gasteiger partial charge in [0.15, 0.2) is 17.5 Å². The molecule has 30 heavy (non-hydrogen) atoms. The predicted molar refractivity (Wildman–Crippen MR) is 132 cm³/mol. The van der Waals surface area contributed by atoms with Crippen LogP contribution in [0.4, 0.5) is 0 Å². The third-order valence-corrected chi connectivity index (χ3v) is 4.50. The summed E-state index contributed by atoms with van der Waals surface area (Å²) in [5, 5.41) is 9.26. The number of guanidine groups is 1. The molecule has 164 valence electrons. The molecular weight excluding hydrogens is 495 g/mol. The first kappa shape index (κ1) is 25.5. The maximum absolute atomic E-state index is 11.7. The lowest BCUT2D eigenvalue weighted by molar-refractivity contribution is 0.0963. The van der Waals surface area contributed by atoms with E-state index in [0.29, 0.717) is 12.1 Å². The van der Waals surface area contributed by atoms with Crippen LogP contribution in [0.3, 0.4) is 0 Å². The lowest BCUT2D eigenvalue weighted by atomic mass is 10.1. The molecule has 0 fully saturated rings.